The fourth-order valence-electron chi connectivity index (χ4n) is 1.75. The average Bonchev–Trinajstić information content (AvgIpc) is 2.62. The molecule has 0 N–H and O–H groups in total. The maximum Gasteiger partial charge on any atom is 0.0376 e. The summed E-state index contributed by atoms with van der Waals surface area (Å²) in [5, 5.41) is 0. The Morgan fingerprint density at radius 2 is 1.92 bits per heavy atom. The number of hydrogen-bond acceptors (Lipinski definition) is 1. The number of anilines is 1. The number of hydrogen-bond donors (Lipinski definition) is 0. The topological polar surface area (TPSA) is 3.24 Å². The van der Waals surface area contributed by atoms with Gasteiger partial charge in [-0.25, -0.2) is 0 Å². The highest BCUT2D eigenvalue weighted by molar-refractivity contribution is 14.1. The van der Waals surface area contributed by atoms with Crippen LogP contribution in [0.2, 0.25) is 0 Å². The van der Waals surface area contributed by atoms with E-state index in [9.17, 15) is 0 Å². The summed E-state index contributed by atoms with van der Waals surface area (Å²) < 4.78 is 1.38. The van der Waals surface area contributed by atoms with Gasteiger partial charge in [-0.05, 0) is 60.1 Å². The monoisotopic (exact) mass is 287 g/mol. The predicted molar refractivity (Wildman–Crippen MR) is 65.3 cm³/mol. The Balaban J connectivity index is 2.25. The van der Waals surface area contributed by atoms with Gasteiger partial charge in [0.15, 0.2) is 0 Å². The van der Waals surface area contributed by atoms with Crippen LogP contribution >= 0.6 is 22.6 Å². The number of rotatable bonds is 1. The van der Waals surface area contributed by atoms with Crippen molar-refractivity contribution in [1.82, 2.24) is 0 Å². The summed E-state index contributed by atoms with van der Waals surface area (Å²) in [6.45, 7) is 4.63. The first kappa shape index (κ1) is 9.31. The molecule has 0 amide bonds. The average molecular weight is 287 g/mol. The van der Waals surface area contributed by atoms with Gasteiger partial charge >= 0.3 is 0 Å². The summed E-state index contributed by atoms with van der Waals surface area (Å²) in [5.74, 6) is 0. The van der Waals surface area contributed by atoms with E-state index in [-0.39, 0.29) is 0 Å². The summed E-state index contributed by atoms with van der Waals surface area (Å²) in [6.07, 6.45) is 2.70. The number of nitrogens with zero attached hydrogens (tertiary/aromatic N) is 1. The van der Waals surface area contributed by atoms with Gasteiger partial charge in [0.25, 0.3) is 0 Å². The number of aryl methyl sites for hydroxylation is 1. The highest BCUT2D eigenvalue weighted by Gasteiger charge is 2.12. The van der Waals surface area contributed by atoms with Crippen molar-refractivity contribution < 1.29 is 0 Å². The van der Waals surface area contributed by atoms with E-state index in [2.05, 4.69) is 52.6 Å². The van der Waals surface area contributed by atoms with Crippen molar-refractivity contribution in [2.24, 2.45) is 0 Å². The maximum absolute atomic E-state index is 2.47. The lowest BCUT2D eigenvalue weighted by atomic mass is 10.2. The lowest BCUT2D eigenvalue weighted by molar-refractivity contribution is 0.949. The first-order chi connectivity index (χ1) is 6.27. The Labute approximate surface area is 93.3 Å². The Morgan fingerprint density at radius 1 is 1.23 bits per heavy atom. The summed E-state index contributed by atoms with van der Waals surface area (Å²) >= 11 is 2.41. The Hall–Kier alpha value is -0.250. The zero-order chi connectivity index (χ0) is 9.26. The van der Waals surface area contributed by atoms with Crippen LogP contribution in [0, 0.1) is 10.5 Å². The SMILES string of the molecule is Cc1ccc(N2CCCC2)cc1I. The normalized spacial score (nSPS) is 16.6. The molecule has 0 saturated carbocycles. The van der Waals surface area contributed by atoms with Crippen molar-refractivity contribution in [2.45, 2.75) is 19.8 Å². The van der Waals surface area contributed by atoms with Gasteiger partial charge in [0, 0.05) is 22.3 Å². The molecule has 0 unspecified atom stereocenters. The van der Waals surface area contributed by atoms with Crippen LogP contribution in [0.4, 0.5) is 5.69 Å². The second-order valence-corrected chi connectivity index (χ2v) is 4.79. The molecule has 1 aromatic rings. The van der Waals surface area contributed by atoms with E-state index in [1.165, 1.54) is 40.8 Å². The van der Waals surface area contributed by atoms with Crippen LogP contribution in [0.5, 0.6) is 0 Å². The van der Waals surface area contributed by atoms with Crippen molar-refractivity contribution in [1.29, 1.82) is 0 Å². The maximum atomic E-state index is 2.47. The summed E-state index contributed by atoms with van der Waals surface area (Å²) in [5.41, 5.74) is 2.77. The highest BCUT2D eigenvalue weighted by Crippen LogP contribution is 2.23. The number of halogens is 1. The zero-order valence-electron chi connectivity index (χ0n) is 7.89. The summed E-state index contributed by atoms with van der Waals surface area (Å²) in [7, 11) is 0. The van der Waals surface area contributed by atoms with Gasteiger partial charge in [0.1, 0.15) is 0 Å². The van der Waals surface area contributed by atoms with Gasteiger partial charge < -0.3 is 4.90 Å². The molecule has 1 heterocycles. The van der Waals surface area contributed by atoms with E-state index in [0.717, 1.165) is 0 Å². The summed E-state index contributed by atoms with van der Waals surface area (Å²) in [6, 6.07) is 6.75. The molecule has 1 fully saturated rings. The predicted octanol–water partition coefficient (Wildman–Crippen LogP) is 3.20. The molecule has 0 radical (unpaired) electrons. The third-order valence-corrected chi connectivity index (χ3v) is 3.79. The molecule has 1 aliphatic rings. The third kappa shape index (κ3) is 1.98. The van der Waals surface area contributed by atoms with E-state index in [4.69, 9.17) is 0 Å². The standard InChI is InChI=1S/C11H14IN/c1-9-4-5-10(8-11(9)12)13-6-2-3-7-13/h4-5,8H,2-3,6-7H2,1H3. The Bertz CT molecular complexity index is 303. The third-order valence-electron chi connectivity index (χ3n) is 2.63. The Kier molecular flexibility index (Phi) is 2.77. The second-order valence-electron chi connectivity index (χ2n) is 3.63. The number of benzene rings is 1. The molecule has 2 heteroatoms. The van der Waals surface area contributed by atoms with Crippen molar-refractivity contribution in [3.63, 3.8) is 0 Å². The van der Waals surface area contributed by atoms with Crippen molar-refractivity contribution in [2.75, 3.05) is 18.0 Å². The van der Waals surface area contributed by atoms with E-state index in [1.54, 1.807) is 0 Å². The molecular weight excluding hydrogens is 273 g/mol. The van der Waals surface area contributed by atoms with E-state index < -0.39 is 0 Å². The van der Waals surface area contributed by atoms with Crippen molar-refractivity contribution in [3.8, 4) is 0 Å². The molecule has 0 spiro atoms. The van der Waals surface area contributed by atoms with Crippen LogP contribution in [-0.4, -0.2) is 13.1 Å². The van der Waals surface area contributed by atoms with Crippen molar-refractivity contribution in [3.05, 3.63) is 27.3 Å². The minimum absolute atomic E-state index is 1.24. The lowest BCUT2D eigenvalue weighted by Gasteiger charge is -2.18. The van der Waals surface area contributed by atoms with Crippen LogP contribution in [0.25, 0.3) is 0 Å². The minimum Gasteiger partial charge on any atom is -0.372 e. The lowest BCUT2D eigenvalue weighted by Crippen LogP contribution is -2.17. The smallest absolute Gasteiger partial charge is 0.0376 e. The molecule has 13 heavy (non-hydrogen) atoms. The van der Waals surface area contributed by atoms with Gasteiger partial charge in [0.05, 0.1) is 0 Å². The van der Waals surface area contributed by atoms with Gasteiger partial charge in [-0.3, -0.25) is 0 Å². The molecule has 0 atom stereocenters. The molecule has 70 valence electrons. The van der Waals surface area contributed by atoms with Gasteiger partial charge in [0.2, 0.25) is 0 Å². The molecule has 0 bridgehead atoms. The van der Waals surface area contributed by atoms with Gasteiger partial charge in [-0.15, -0.1) is 0 Å². The molecule has 0 aliphatic carbocycles. The van der Waals surface area contributed by atoms with Crippen LogP contribution in [-0.2, 0) is 0 Å². The van der Waals surface area contributed by atoms with Crippen LogP contribution in [0.15, 0.2) is 18.2 Å². The fourth-order valence-corrected chi connectivity index (χ4v) is 2.25. The molecule has 0 aromatic heterocycles. The van der Waals surface area contributed by atoms with Gasteiger partial charge in [-0.1, -0.05) is 6.07 Å². The Morgan fingerprint density at radius 3 is 2.54 bits per heavy atom. The molecule has 1 aromatic carbocycles. The largest absolute Gasteiger partial charge is 0.372 e. The zero-order valence-corrected chi connectivity index (χ0v) is 10.0. The van der Waals surface area contributed by atoms with E-state index >= 15 is 0 Å². The summed E-state index contributed by atoms with van der Waals surface area (Å²) in [4.78, 5) is 2.47. The molecular formula is C11H14IN. The van der Waals surface area contributed by atoms with Crippen LogP contribution in [0.3, 0.4) is 0 Å². The van der Waals surface area contributed by atoms with Crippen LogP contribution < -0.4 is 4.90 Å². The second kappa shape index (κ2) is 3.86. The molecule has 2 rings (SSSR count). The minimum atomic E-state index is 1.24. The fraction of sp³-hybridized carbons (Fsp3) is 0.455. The van der Waals surface area contributed by atoms with E-state index in [0.29, 0.717) is 0 Å². The van der Waals surface area contributed by atoms with Crippen LogP contribution in [0.1, 0.15) is 18.4 Å². The highest BCUT2D eigenvalue weighted by atomic mass is 127. The van der Waals surface area contributed by atoms with E-state index in [1.807, 2.05) is 0 Å². The first-order valence-electron chi connectivity index (χ1n) is 4.78. The molecule has 1 nitrogen and oxygen atoms in total. The molecule has 1 saturated heterocycles. The van der Waals surface area contributed by atoms with Gasteiger partial charge in [-0.2, -0.15) is 0 Å². The quantitative estimate of drug-likeness (QED) is 0.717. The molecule has 1 aliphatic heterocycles. The van der Waals surface area contributed by atoms with Crippen molar-refractivity contribution >= 4 is 28.3 Å². The first-order valence-corrected chi connectivity index (χ1v) is 5.86.